The van der Waals surface area contributed by atoms with Gasteiger partial charge < -0.3 is 74.2 Å². The molecule has 7 aliphatic rings. The van der Waals surface area contributed by atoms with Crippen LogP contribution in [0.15, 0.2) is 10.8 Å². The zero-order valence-corrected chi connectivity index (χ0v) is 83.6. The monoisotopic (exact) mass is 1960 g/mol. The highest BCUT2D eigenvalue weighted by Gasteiger charge is 2.39. The third kappa shape index (κ3) is 48.0. The highest BCUT2D eigenvalue weighted by Crippen LogP contribution is 2.41. The number of ketones is 1. The number of nitrogens with zero attached hydrogens (tertiary/aromatic N) is 2. The van der Waals surface area contributed by atoms with Crippen LogP contribution in [0.4, 0.5) is 0 Å². The number of carbonyl (C=O) groups is 15. The Morgan fingerprint density at radius 1 is 0.354 bits per heavy atom. The van der Waals surface area contributed by atoms with Crippen molar-refractivity contribution in [1.29, 1.82) is 0 Å². The fraction of sp³-hybridized carbons (Fsp3) is 0.766. The Morgan fingerprint density at radius 3 is 0.762 bits per heavy atom. The van der Waals surface area contributed by atoms with Crippen LogP contribution in [0.2, 0.25) is 0 Å². The van der Waals surface area contributed by atoms with E-state index in [1.54, 1.807) is 31.5 Å². The molecule has 0 bridgehead atoms. The van der Waals surface area contributed by atoms with Crippen molar-refractivity contribution in [2.75, 3.05) is 39.4 Å². The predicted molar refractivity (Wildman–Crippen MR) is 497 cm³/mol. The Morgan fingerprint density at radius 2 is 0.562 bits per heavy atom. The van der Waals surface area contributed by atoms with Gasteiger partial charge in [0.05, 0.1) is 114 Å². The Balaban J connectivity index is 0.000000750. The minimum absolute atomic E-state index is 0. The number of aliphatic carboxylic acids is 3. The maximum Gasteiger partial charge on any atom is 0.375 e. The average molecular weight is 1960 g/mol. The fourth-order valence-corrected chi connectivity index (χ4v) is 17.6. The number of amides is 1. The van der Waals surface area contributed by atoms with E-state index in [0.717, 1.165) is 87.1 Å². The summed E-state index contributed by atoms with van der Waals surface area (Å²) < 4.78 is 50.3. The highest BCUT2D eigenvalue weighted by molar-refractivity contribution is 9.09. The number of rotatable bonds is 21. The third-order valence-electron chi connectivity index (χ3n) is 22.0. The Bertz CT molecular complexity index is 3770. The van der Waals surface area contributed by atoms with E-state index in [1.165, 1.54) is 36.9 Å². The number of thiazole rings is 2. The summed E-state index contributed by atoms with van der Waals surface area (Å²) in [6.45, 7) is 34.2. The number of thiocarbonyl (C=S) groups is 1. The summed E-state index contributed by atoms with van der Waals surface area (Å²) in [5.74, 6) is -5.76. The maximum atomic E-state index is 12.1. The van der Waals surface area contributed by atoms with Crippen LogP contribution >= 0.6 is 50.8 Å². The second-order valence-corrected chi connectivity index (χ2v) is 41.0. The van der Waals surface area contributed by atoms with Gasteiger partial charge in [-0.3, -0.25) is 57.5 Å². The molecule has 36 heteroatoms. The number of carboxylic acids is 3. The third-order valence-corrected chi connectivity index (χ3v) is 24.9. The molecule has 32 nitrogen and oxygen atoms in total. The van der Waals surface area contributed by atoms with E-state index in [1.807, 2.05) is 104 Å². The van der Waals surface area contributed by atoms with Crippen molar-refractivity contribution in [2.45, 2.75) is 352 Å². The van der Waals surface area contributed by atoms with Crippen molar-refractivity contribution >= 4 is 145 Å². The van der Waals surface area contributed by atoms with E-state index in [-0.39, 0.29) is 150 Å². The number of ether oxygens (including phenoxy) is 10. The molecule has 130 heavy (non-hydrogen) atoms. The van der Waals surface area contributed by atoms with E-state index < -0.39 is 57.7 Å². The average Bonchev–Trinajstić information content (AvgIpc) is 1.72. The van der Waals surface area contributed by atoms with Crippen LogP contribution in [-0.2, 0) is 110 Å². The molecule has 0 saturated heterocycles. The smallest absolute Gasteiger partial charge is 0.375 e. The topological polar surface area (TPSA) is 487 Å². The van der Waals surface area contributed by atoms with Crippen LogP contribution in [0.25, 0.3) is 0 Å². The summed E-state index contributed by atoms with van der Waals surface area (Å²) in [6.07, 6.45) is 20.6. The molecule has 0 unspecified atom stereocenters. The lowest BCUT2D eigenvalue weighted by atomic mass is 9.81. The second-order valence-electron chi connectivity index (χ2n) is 38.2. The summed E-state index contributed by atoms with van der Waals surface area (Å²) in [4.78, 5) is 178. The molecule has 7 N–H and O–H groups in total. The lowest BCUT2D eigenvalue weighted by Gasteiger charge is -2.29. The van der Waals surface area contributed by atoms with E-state index in [2.05, 4.69) is 35.4 Å². The van der Waals surface area contributed by atoms with E-state index in [0.29, 0.717) is 144 Å². The number of methoxy groups -OCH3 is 2. The first-order valence-electron chi connectivity index (χ1n) is 45.1. The van der Waals surface area contributed by atoms with Gasteiger partial charge in [0.1, 0.15) is 28.0 Å². The Kier molecular flexibility index (Phi) is 54.2. The zero-order chi connectivity index (χ0) is 98.1. The number of carboxylic acid groups (broad SMARTS) is 3. The molecule has 2 aromatic rings. The van der Waals surface area contributed by atoms with Gasteiger partial charge in [-0.1, -0.05) is 35.6 Å². The second kappa shape index (κ2) is 58.8. The van der Waals surface area contributed by atoms with E-state index >= 15 is 0 Å². The van der Waals surface area contributed by atoms with Gasteiger partial charge in [-0.25, -0.2) is 24.4 Å². The number of primary amides is 1. The number of hydrogen-bond donors (Lipinski definition) is 5. The quantitative estimate of drug-likeness (QED) is 0.0255. The minimum atomic E-state index is -0.769. The molecule has 1 amide bonds. The van der Waals surface area contributed by atoms with Crippen LogP contribution in [-0.4, -0.2) is 187 Å². The molecular formula is C94H151BrN4O28S3. The van der Waals surface area contributed by atoms with Gasteiger partial charge >= 0.3 is 77.6 Å². The highest BCUT2D eigenvalue weighted by atomic mass is 79.9. The number of alkyl halides is 1. The lowest BCUT2D eigenvalue weighted by Crippen LogP contribution is -2.33. The van der Waals surface area contributed by atoms with Gasteiger partial charge in [-0.2, -0.15) is 0 Å². The van der Waals surface area contributed by atoms with Crippen molar-refractivity contribution in [1.82, 2.24) is 9.97 Å². The maximum absolute atomic E-state index is 12.1. The number of hydrogen-bond acceptors (Lipinski definition) is 30. The van der Waals surface area contributed by atoms with Crippen molar-refractivity contribution in [2.24, 2.45) is 82.5 Å². The molecule has 2 aromatic heterocycles. The molecule has 0 spiro atoms. The van der Waals surface area contributed by atoms with Crippen molar-refractivity contribution < 1.29 is 135 Å². The van der Waals surface area contributed by atoms with Crippen molar-refractivity contribution in [3.8, 4) is 0 Å². The van der Waals surface area contributed by atoms with Gasteiger partial charge in [-0.05, 0) is 304 Å². The minimum Gasteiger partial charge on any atom is -0.481 e. The van der Waals surface area contributed by atoms with Crippen LogP contribution in [0, 0.1) is 71.0 Å². The Hall–Kier alpha value is -8.12. The fourth-order valence-electron chi connectivity index (χ4n) is 15.2. The molecule has 7 aliphatic carbocycles. The number of nitrogens with two attached hydrogens (primary N) is 2. The van der Waals surface area contributed by atoms with Crippen molar-refractivity contribution in [3.63, 3.8) is 0 Å². The molecule has 9 rings (SSSR count). The summed E-state index contributed by atoms with van der Waals surface area (Å²) >= 11 is 10.8. The molecule has 740 valence electrons. The molecule has 7 saturated carbocycles. The summed E-state index contributed by atoms with van der Waals surface area (Å²) in [5, 5.41) is 31.9. The van der Waals surface area contributed by atoms with Crippen molar-refractivity contribution in [3.05, 3.63) is 32.2 Å². The SMILES string of the molecule is C.CC(C)(C)OC(=O)C1CCC(C(=O)O)CC1.CC(C)(C)OC(=O)C1CCC(C(N)=O)CC1.CC(C)(C)OC(=O)C1CCC(C(N)=S)CC1.CCOC(=O)C(=O)CBr.CCOC(=O)c1csc(C2CCC(C(=O)O)CC2)n1.CCOC(=O)c1csc(C2CCC(C(=O)OC(C)(C)C)CC2)n1.COC(=O)C1CCC(C(=O)O)CC1.COC(=O)C1CCC(C(=O)OC(C)(C)C)CC1. The number of esters is 10. The van der Waals surface area contributed by atoms with Crippen LogP contribution in [0.5, 0.6) is 0 Å². The summed E-state index contributed by atoms with van der Waals surface area (Å²) in [6, 6.07) is 0. The first-order valence-corrected chi connectivity index (χ1v) is 48.4. The molecule has 0 aromatic carbocycles. The number of Topliss-reactive ketones (excluding diaryl/α,β-unsaturated/α-hetero) is 1. The van der Waals surface area contributed by atoms with Crippen LogP contribution in [0.3, 0.4) is 0 Å². The Labute approximate surface area is 790 Å². The van der Waals surface area contributed by atoms with Crippen LogP contribution in [0.1, 0.15) is 355 Å². The normalized spacial score (nSPS) is 23.6. The molecule has 0 aliphatic heterocycles. The largest absolute Gasteiger partial charge is 0.481 e. The van der Waals surface area contributed by atoms with Gasteiger partial charge in [0.15, 0.2) is 11.4 Å². The van der Waals surface area contributed by atoms with Gasteiger partial charge in [0.25, 0.3) is 0 Å². The van der Waals surface area contributed by atoms with Gasteiger partial charge in [0.2, 0.25) is 11.7 Å². The molecule has 7 fully saturated rings. The standard InChI is InChI=1S/C17H25NO4S.C13H17NO4S.C13H22O4.C12H21NO3.C12H21NO2S.C12H20O4.C9H14O4.C5H7BrO3.CH4/c1-5-21-16(20)13-10-23-14(18-13)11-6-8-12(9-7-11)15(19)22-17(2,3)4;1-2-18-13(17)10-7-19-11(14-10)8-3-5-9(6-4-8)12(15)16;1-13(2,3)17-12(15)10-7-5-9(6-8-10)11(14)16-4;1-12(2,3)16-11(15)9-6-4-8(5-7-9)10(13)14;1-12(2,3)15-11(14)9-6-4-8(5-7-9)10(13)16;1-12(2,3)16-11(15)9-6-4-8(5-7-9)10(13)14;1-13-9(12)7-4-2-6(3-5-7)8(10)11;1-2-9-5(8)4(7)3-6;/h10-12H,5-9H2,1-4H3;7-9H,2-6H2,1H3,(H,15,16);9-10H,5-8H2,1-4H3;8-9H,4-7H2,1-3H3,(H2,13,14);8-9H,4-7H2,1-3H3,(H2,13,16);8-9H,4-7H2,1-3H3,(H,13,14);6-7H,2-5H2,1H3,(H,10,11);2-3H2,1H3;1H4. The van der Waals surface area contributed by atoms with E-state index in [9.17, 15) is 71.9 Å². The molecular weight excluding hydrogens is 1810 g/mol. The summed E-state index contributed by atoms with van der Waals surface area (Å²) in [7, 11) is 2.77. The molecule has 0 atom stereocenters. The van der Waals surface area contributed by atoms with Crippen LogP contribution < -0.4 is 11.5 Å². The van der Waals surface area contributed by atoms with Gasteiger partial charge in [0, 0.05) is 34.4 Å². The first-order chi connectivity index (χ1) is 60.0. The molecule has 2 heterocycles. The number of halogens is 1. The zero-order valence-electron chi connectivity index (χ0n) is 79.6. The predicted octanol–water partition coefficient (Wildman–Crippen LogP) is 17.4. The number of carbonyl (C=O) groups excluding carboxylic acids is 12. The molecule has 0 radical (unpaired) electrons. The first kappa shape index (κ1) is 120. The summed E-state index contributed by atoms with van der Waals surface area (Å²) in [5.41, 5.74) is 9.44. The lowest BCUT2D eigenvalue weighted by molar-refractivity contribution is -0.163. The van der Waals surface area contributed by atoms with E-state index in [4.69, 9.17) is 76.9 Å². The number of aromatic nitrogens is 2. The van der Waals surface area contributed by atoms with Gasteiger partial charge in [-0.15, -0.1) is 22.7 Å².